The Hall–Kier alpha value is -3.10. The minimum Gasteiger partial charge on any atom is -0.458 e. The van der Waals surface area contributed by atoms with Gasteiger partial charge in [-0.2, -0.15) is 0 Å². The zero-order valence-corrected chi connectivity index (χ0v) is 18.8. The van der Waals surface area contributed by atoms with Crippen molar-refractivity contribution in [3.8, 4) is 11.4 Å². The molecule has 4 heterocycles. The number of hydrogen-bond acceptors (Lipinski definition) is 6. The Kier molecular flexibility index (Phi) is 5.10. The van der Waals surface area contributed by atoms with Gasteiger partial charge in [-0.15, -0.1) is 0 Å². The van der Waals surface area contributed by atoms with Gasteiger partial charge in [0.15, 0.2) is 5.60 Å². The van der Waals surface area contributed by atoms with Crippen LogP contribution in [0.15, 0.2) is 23.0 Å². The zero-order chi connectivity index (χ0) is 23.5. The molecule has 1 atom stereocenters. The van der Waals surface area contributed by atoms with E-state index in [9.17, 15) is 19.1 Å². The Balaban J connectivity index is 1.78. The summed E-state index contributed by atoms with van der Waals surface area (Å²) in [5, 5.41) is 11.9. The molecule has 0 saturated carbocycles. The largest absolute Gasteiger partial charge is 0.458 e. The molecule has 0 amide bonds. The predicted molar refractivity (Wildman–Crippen MR) is 119 cm³/mol. The topological polar surface area (TPSA) is 90.7 Å². The lowest BCUT2D eigenvalue weighted by atomic mass is 9.86. The lowest BCUT2D eigenvalue weighted by Gasteiger charge is -2.31. The third-order valence-corrected chi connectivity index (χ3v) is 6.86. The number of aryl methyl sites for hydroxylation is 2. The molecule has 172 valence electrons. The molecule has 5 rings (SSSR count). The fraction of sp³-hybridized carbons (Fsp3) is 0.400. The minimum atomic E-state index is -1.88. The SMILES string of the molecule is CC[C@@]1(O)C(=O)OCc2c1cc1n(c2=O)Cc2c-1nc1cc(F)c(C)cc1c2CCCOC. The van der Waals surface area contributed by atoms with Gasteiger partial charge < -0.3 is 19.1 Å². The number of fused-ring (bicyclic) bond motifs is 5. The first-order valence-corrected chi connectivity index (χ1v) is 11.1. The van der Waals surface area contributed by atoms with Gasteiger partial charge in [0.1, 0.15) is 12.4 Å². The fourth-order valence-electron chi connectivity index (χ4n) is 4.97. The summed E-state index contributed by atoms with van der Waals surface area (Å²) in [5.74, 6) is -1.11. The van der Waals surface area contributed by atoms with Crippen LogP contribution in [-0.4, -0.2) is 34.3 Å². The molecule has 0 fully saturated rings. The van der Waals surface area contributed by atoms with Crippen molar-refractivity contribution in [3.63, 3.8) is 0 Å². The Bertz CT molecular complexity index is 1380. The Morgan fingerprint density at radius 1 is 1.27 bits per heavy atom. The molecule has 2 aliphatic heterocycles. The first-order chi connectivity index (χ1) is 15.8. The number of aliphatic hydroxyl groups is 1. The average Bonchev–Trinajstić information content (AvgIpc) is 3.16. The van der Waals surface area contributed by atoms with Crippen LogP contribution in [-0.2, 0) is 39.4 Å². The second kappa shape index (κ2) is 7.74. The second-order valence-corrected chi connectivity index (χ2v) is 8.74. The van der Waals surface area contributed by atoms with Gasteiger partial charge in [-0.05, 0) is 49.4 Å². The average molecular weight is 452 g/mol. The van der Waals surface area contributed by atoms with E-state index in [4.69, 9.17) is 14.5 Å². The van der Waals surface area contributed by atoms with Crippen LogP contribution in [0.1, 0.15) is 47.6 Å². The van der Waals surface area contributed by atoms with Crippen LogP contribution >= 0.6 is 0 Å². The van der Waals surface area contributed by atoms with Gasteiger partial charge in [0, 0.05) is 36.3 Å². The minimum absolute atomic E-state index is 0.0759. The highest BCUT2D eigenvalue weighted by Gasteiger charge is 2.45. The number of hydrogen-bond donors (Lipinski definition) is 1. The van der Waals surface area contributed by atoms with E-state index in [1.54, 1.807) is 37.7 Å². The number of methoxy groups -OCH3 is 1. The van der Waals surface area contributed by atoms with Crippen LogP contribution in [0.5, 0.6) is 0 Å². The smallest absolute Gasteiger partial charge is 0.343 e. The summed E-state index contributed by atoms with van der Waals surface area (Å²) in [5.41, 5.74) is 2.40. The van der Waals surface area contributed by atoms with Crippen LogP contribution in [0, 0.1) is 12.7 Å². The van der Waals surface area contributed by atoms with Gasteiger partial charge in [0.25, 0.3) is 5.56 Å². The molecule has 0 aliphatic carbocycles. The van der Waals surface area contributed by atoms with Crippen molar-refractivity contribution < 1.29 is 23.8 Å². The van der Waals surface area contributed by atoms with Gasteiger partial charge in [0.2, 0.25) is 0 Å². The summed E-state index contributed by atoms with van der Waals surface area (Å²) >= 11 is 0. The van der Waals surface area contributed by atoms with Crippen LogP contribution < -0.4 is 5.56 Å². The summed E-state index contributed by atoms with van der Waals surface area (Å²) in [7, 11) is 1.65. The lowest BCUT2D eigenvalue weighted by Crippen LogP contribution is -2.44. The number of carbonyl (C=O) groups is 1. The fourth-order valence-corrected chi connectivity index (χ4v) is 4.97. The number of rotatable bonds is 5. The molecule has 0 unspecified atom stereocenters. The molecule has 0 spiro atoms. The number of aromatic nitrogens is 2. The van der Waals surface area contributed by atoms with E-state index >= 15 is 0 Å². The van der Waals surface area contributed by atoms with E-state index in [2.05, 4.69) is 0 Å². The molecule has 1 aromatic carbocycles. The van der Waals surface area contributed by atoms with Gasteiger partial charge in [-0.3, -0.25) is 4.79 Å². The van der Waals surface area contributed by atoms with Crippen LogP contribution in [0.25, 0.3) is 22.3 Å². The highest BCUT2D eigenvalue weighted by Crippen LogP contribution is 2.40. The van der Waals surface area contributed by atoms with Crippen molar-refractivity contribution in [1.29, 1.82) is 0 Å². The molecular formula is C25H25FN2O5. The summed E-state index contributed by atoms with van der Waals surface area (Å²) in [6.45, 7) is 4.10. The Morgan fingerprint density at radius 3 is 2.79 bits per heavy atom. The number of esters is 1. The normalized spacial score (nSPS) is 18.8. The van der Waals surface area contributed by atoms with Crippen LogP contribution in [0.4, 0.5) is 4.39 Å². The van der Waals surface area contributed by atoms with E-state index in [0.29, 0.717) is 42.0 Å². The number of cyclic esters (lactones) is 1. The molecule has 8 heteroatoms. The Labute approximate surface area is 189 Å². The third-order valence-electron chi connectivity index (χ3n) is 6.86. The van der Waals surface area contributed by atoms with E-state index < -0.39 is 11.6 Å². The molecule has 0 saturated heterocycles. The molecule has 7 nitrogen and oxygen atoms in total. The first-order valence-electron chi connectivity index (χ1n) is 11.1. The number of ether oxygens (including phenoxy) is 2. The molecular weight excluding hydrogens is 427 g/mol. The van der Waals surface area contributed by atoms with E-state index in [0.717, 1.165) is 22.9 Å². The van der Waals surface area contributed by atoms with Crippen molar-refractivity contribution in [1.82, 2.24) is 9.55 Å². The lowest BCUT2D eigenvalue weighted by molar-refractivity contribution is -0.172. The molecule has 1 N–H and O–H groups in total. The monoisotopic (exact) mass is 452 g/mol. The quantitative estimate of drug-likeness (QED) is 0.370. The number of nitrogens with zero attached hydrogens (tertiary/aromatic N) is 2. The number of pyridine rings is 2. The van der Waals surface area contributed by atoms with Gasteiger partial charge >= 0.3 is 5.97 Å². The second-order valence-electron chi connectivity index (χ2n) is 8.74. The molecule has 33 heavy (non-hydrogen) atoms. The van der Waals surface area contributed by atoms with Crippen molar-refractivity contribution in [2.45, 2.75) is 51.9 Å². The number of benzene rings is 1. The first kappa shape index (κ1) is 21.7. The van der Waals surface area contributed by atoms with Gasteiger partial charge in [0.05, 0.1) is 29.0 Å². The van der Waals surface area contributed by atoms with Crippen molar-refractivity contribution in [3.05, 3.63) is 62.2 Å². The van der Waals surface area contributed by atoms with Crippen molar-refractivity contribution in [2.75, 3.05) is 13.7 Å². The maximum atomic E-state index is 14.4. The Morgan fingerprint density at radius 2 is 2.06 bits per heavy atom. The predicted octanol–water partition coefficient (Wildman–Crippen LogP) is 3.11. The molecule has 0 radical (unpaired) electrons. The molecule has 3 aromatic rings. The van der Waals surface area contributed by atoms with Crippen molar-refractivity contribution in [2.24, 2.45) is 0 Å². The maximum Gasteiger partial charge on any atom is 0.343 e. The summed E-state index contributed by atoms with van der Waals surface area (Å²) < 4.78 is 26.4. The molecule has 0 bridgehead atoms. The van der Waals surface area contributed by atoms with E-state index in [1.807, 2.05) is 0 Å². The summed E-state index contributed by atoms with van der Waals surface area (Å²) in [6, 6.07) is 4.90. The number of carbonyl (C=O) groups excluding carboxylic acids is 1. The van der Waals surface area contributed by atoms with Crippen LogP contribution in [0.3, 0.4) is 0 Å². The summed E-state index contributed by atoms with van der Waals surface area (Å²) in [6.07, 6.45) is 1.52. The maximum absolute atomic E-state index is 14.4. The van der Waals surface area contributed by atoms with E-state index in [-0.39, 0.29) is 35.5 Å². The third kappa shape index (κ3) is 3.12. The zero-order valence-electron chi connectivity index (χ0n) is 18.8. The number of halogens is 1. The van der Waals surface area contributed by atoms with E-state index in [1.165, 1.54) is 6.07 Å². The highest BCUT2D eigenvalue weighted by molar-refractivity contribution is 5.89. The van der Waals surface area contributed by atoms with Crippen molar-refractivity contribution >= 4 is 16.9 Å². The molecule has 2 aliphatic rings. The summed E-state index contributed by atoms with van der Waals surface area (Å²) in [4.78, 5) is 30.5. The van der Waals surface area contributed by atoms with Crippen LogP contribution in [0.2, 0.25) is 0 Å². The van der Waals surface area contributed by atoms with Gasteiger partial charge in [-0.1, -0.05) is 6.92 Å². The molecule has 2 aromatic heterocycles. The highest BCUT2D eigenvalue weighted by atomic mass is 19.1. The van der Waals surface area contributed by atoms with Gasteiger partial charge in [-0.25, -0.2) is 14.2 Å². The standard InChI is InChI=1S/C25H25FN2O5/c1-4-25(31)18-9-21-22-16(11-28(21)23(29)17(18)12-33-24(25)30)14(6-5-7-32-3)15-8-13(2)19(26)10-20(15)27-22/h8-10,31H,4-7,11-12H2,1-3H3/t25-/m0/s1.